The monoisotopic (exact) mass is 322 g/mol. The Labute approximate surface area is 134 Å². The Morgan fingerprint density at radius 1 is 1.48 bits per heavy atom. The first-order valence-corrected chi connectivity index (χ1v) is 8.34. The van der Waals surface area contributed by atoms with Crippen LogP contribution in [0.2, 0.25) is 5.02 Å². The maximum Gasteiger partial charge on any atom is 0.147 e. The molecule has 0 spiro atoms. The van der Waals surface area contributed by atoms with E-state index in [4.69, 9.17) is 11.6 Å². The first-order valence-electron chi connectivity index (χ1n) is 7.15. The summed E-state index contributed by atoms with van der Waals surface area (Å²) in [6, 6.07) is 4.24. The second kappa shape index (κ2) is 6.30. The Morgan fingerprint density at radius 2 is 2.33 bits per heavy atom. The Hall–Kier alpha value is -1.17. The van der Waals surface area contributed by atoms with Crippen LogP contribution >= 0.6 is 22.9 Å². The van der Waals surface area contributed by atoms with E-state index in [2.05, 4.69) is 34.0 Å². The van der Waals surface area contributed by atoms with Gasteiger partial charge in [-0.1, -0.05) is 11.6 Å². The number of halogens is 1. The molecule has 0 radical (unpaired) electrons. The Bertz CT molecular complexity index is 628. The molecule has 1 atom stereocenters. The molecule has 3 heterocycles. The molecule has 1 aliphatic rings. The standard InChI is InChI=1S/C15H19ClN4S/c1-10-14(21-11(2)19-10)8-18-12-5-7-20(9-12)15-13(16)4-3-6-17-15/h3-4,6,12,18H,5,7-9H2,1-2H3/t12-/m1/s1. The number of nitrogens with one attached hydrogen (secondary N) is 1. The summed E-state index contributed by atoms with van der Waals surface area (Å²) in [5.74, 6) is 0.897. The molecule has 0 aliphatic carbocycles. The summed E-state index contributed by atoms with van der Waals surface area (Å²) in [7, 11) is 0. The molecule has 1 saturated heterocycles. The molecule has 112 valence electrons. The highest BCUT2D eigenvalue weighted by atomic mass is 35.5. The fourth-order valence-electron chi connectivity index (χ4n) is 2.70. The number of rotatable bonds is 4. The van der Waals surface area contributed by atoms with Crippen molar-refractivity contribution in [3.63, 3.8) is 0 Å². The zero-order valence-corrected chi connectivity index (χ0v) is 13.8. The van der Waals surface area contributed by atoms with E-state index in [1.165, 1.54) is 4.88 Å². The van der Waals surface area contributed by atoms with Gasteiger partial charge in [0.1, 0.15) is 5.82 Å². The van der Waals surface area contributed by atoms with Gasteiger partial charge in [0, 0.05) is 36.8 Å². The van der Waals surface area contributed by atoms with Crippen LogP contribution in [0, 0.1) is 13.8 Å². The smallest absolute Gasteiger partial charge is 0.147 e. The molecular weight excluding hydrogens is 304 g/mol. The van der Waals surface area contributed by atoms with Crippen molar-refractivity contribution in [3.8, 4) is 0 Å². The largest absolute Gasteiger partial charge is 0.354 e. The fraction of sp³-hybridized carbons (Fsp3) is 0.467. The topological polar surface area (TPSA) is 41.1 Å². The molecule has 21 heavy (non-hydrogen) atoms. The third kappa shape index (κ3) is 3.36. The van der Waals surface area contributed by atoms with Crippen molar-refractivity contribution in [1.29, 1.82) is 0 Å². The van der Waals surface area contributed by atoms with E-state index in [1.54, 1.807) is 17.5 Å². The van der Waals surface area contributed by atoms with Crippen LogP contribution in [0.3, 0.4) is 0 Å². The number of pyridine rings is 1. The van der Waals surface area contributed by atoms with Gasteiger partial charge in [-0.2, -0.15) is 0 Å². The SMILES string of the molecule is Cc1nc(C)c(CN[C@@H]2CCN(c3ncccc3Cl)C2)s1. The van der Waals surface area contributed by atoms with Crippen molar-refractivity contribution >= 4 is 28.8 Å². The lowest BCUT2D eigenvalue weighted by Crippen LogP contribution is -2.32. The van der Waals surface area contributed by atoms with Crippen molar-refractivity contribution in [2.24, 2.45) is 0 Å². The van der Waals surface area contributed by atoms with Crippen LogP contribution < -0.4 is 10.2 Å². The predicted molar refractivity (Wildman–Crippen MR) is 88.3 cm³/mol. The van der Waals surface area contributed by atoms with Gasteiger partial charge in [0.25, 0.3) is 0 Å². The van der Waals surface area contributed by atoms with Gasteiger partial charge in [-0.05, 0) is 32.4 Å². The second-order valence-corrected chi connectivity index (χ2v) is 7.06. The van der Waals surface area contributed by atoms with Crippen LogP contribution in [0.15, 0.2) is 18.3 Å². The minimum atomic E-state index is 0.477. The number of aromatic nitrogens is 2. The van der Waals surface area contributed by atoms with Gasteiger partial charge in [0.15, 0.2) is 0 Å². The summed E-state index contributed by atoms with van der Waals surface area (Å²) >= 11 is 7.99. The van der Waals surface area contributed by atoms with Crippen LogP contribution in [0.25, 0.3) is 0 Å². The van der Waals surface area contributed by atoms with E-state index in [0.717, 1.165) is 47.6 Å². The number of aryl methyl sites for hydroxylation is 2. The molecule has 0 saturated carbocycles. The number of anilines is 1. The van der Waals surface area contributed by atoms with Gasteiger partial charge in [0.2, 0.25) is 0 Å². The Kier molecular flexibility index (Phi) is 4.42. The molecule has 0 amide bonds. The van der Waals surface area contributed by atoms with Crippen LogP contribution in [0.1, 0.15) is 22.0 Å². The molecule has 0 bridgehead atoms. The summed E-state index contributed by atoms with van der Waals surface area (Å²) in [6.07, 6.45) is 2.91. The zero-order valence-electron chi connectivity index (χ0n) is 12.3. The lowest BCUT2D eigenvalue weighted by atomic mass is 10.2. The summed E-state index contributed by atoms with van der Waals surface area (Å²) in [6.45, 7) is 6.98. The summed E-state index contributed by atoms with van der Waals surface area (Å²) in [5, 5.41) is 5.49. The van der Waals surface area contributed by atoms with E-state index in [9.17, 15) is 0 Å². The average molecular weight is 323 g/mol. The molecule has 4 nitrogen and oxygen atoms in total. The molecule has 2 aromatic heterocycles. The van der Waals surface area contributed by atoms with Gasteiger partial charge >= 0.3 is 0 Å². The van der Waals surface area contributed by atoms with E-state index in [1.807, 2.05) is 12.1 Å². The van der Waals surface area contributed by atoms with E-state index in [0.29, 0.717) is 6.04 Å². The highest BCUT2D eigenvalue weighted by Crippen LogP contribution is 2.26. The quantitative estimate of drug-likeness (QED) is 0.938. The third-order valence-corrected chi connectivity index (χ3v) is 5.15. The first kappa shape index (κ1) is 14.8. The predicted octanol–water partition coefficient (Wildman–Crippen LogP) is 3.18. The molecule has 1 N–H and O–H groups in total. The molecule has 1 aliphatic heterocycles. The van der Waals surface area contributed by atoms with E-state index >= 15 is 0 Å². The van der Waals surface area contributed by atoms with Crippen LogP contribution in [0.5, 0.6) is 0 Å². The minimum Gasteiger partial charge on any atom is -0.354 e. The molecule has 2 aromatic rings. The summed E-state index contributed by atoms with van der Waals surface area (Å²) in [4.78, 5) is 12.4. The molecular formula is C15H19ClN4S. The highest BCUT2D eigenvalue weighted by Gasteiger charge is 2.24. The zero-order chi connectivity index (χ0) is 14.8. The number of hydrogen-bond donors (Lipinski definition) is 1. The third-order valence-electron chi connectivity index (χ3n) is 3.78. The lowest BCUT2D eigenvalue weighted by molar-refractivity contribution is 0.553. The first-order chi connectivity index (χ1) is 10.1. The minimum absolute atomic E-state index is 0.477. The number of nitrogens with zero attached hydrogens (tertiary/aromatic N) is 3. The van der Waals surface area contributed by atoms with Gasteiger partial charge in [-0.25, -0.2) is 9.97 Å². The molecule has 0 unspecified atom stereocenters. The summed E-state index contributed by atoms with van der Waals surface area (Å²) in [5.41, 5.74) is 1.15. The number of hydrogen-bond acceptors (Lipinski definition) is 5. The molecule has 3 rings (SSSR count). The maximum absolute atomic E-state index is 6.22. The normalized spacial score (nSPS) is 18.4. The van der Waals surface area contributed by atoms with Crippen LogP contribution in [-0.4, -0.2) is 29.1 Å². The van der Waals surface area contributed by atoms with Gasteiger partial charge < -0.3 is 10.2 Å². The fourth-order valence-corrected chi connectivity index (χ4v) is 3.83. The van der Waals surface area contributed by atoms with E-state index in [-0.39, 0.29) is 0 Å². The molecule has 6 heteroatoms. The highest BCUT2D eigenvalue weighted by molar-refractivity contribution is 7.11. The van der Waals surface area contributed by atoms with Crippen molar-refractivity contribution in [2.45, 2.75) is 32.9 Å². The second-order valence-electron chi connectivity index (χ2n) is 5.36. The Balaban J connectivity index is 1.58. The van der Waals surface area contributed by atoms with Crippen LogP contribution in [-0.2, 0) is 6.54 Å². The van der Waals surface area contributed by atoms with Gasteiger partial charge in [-0.3, -0.25) is 0 Å². The molecule has 0 aromatic carbocycles. The van der Waals surface area contributed by atoms with E-state index < -0.39 is 0 Å². The van der Waals surface area contributed by atoms with Gasteiger partial charge in [0.05, 0.1) is 15.7 Å². The van der Waals surface area contributed by atoms with Crippen molar-refractivity contribution in [2.75, 3.05) is 18.0 Å². The maximum atomic E-state index is 6.22. The van der Waals surface area contributed by atoms with Crippen molar-refractivity contribution < 1.29 is 0 Å². The average Bonchev–Trinajstić information content (AvgIpc) is 3.04. The molecule has 1 fully saturated rings. The summed E-state index contributed by atoms with van der Waals surface area (Å²) < 4.78 is 0. The lowest BCUT2D eigenvalue weighted by Gasteiger charge is -2.18. The van der Waals surface area contributed by atoms with Crippen molar-refractivity contribution in [1.82, 2.24) is 15.3 Å². The Morgan fingerprint density at radius 3 is 3.05 bits per heavy atom. The number of thiazole rings is 1. The van der Waals surface area contributed by atoms with Crippen molar-refractivity contribution in [3.05, 3.63) is 38.9 Å². The van der Waals surface area contributed by atoms with Crippen LogP contribution in [0.4, 0.5) is 5.82 Å². The van der Waals surface area contributed by atoms with Gasteiger partial charge in [-0.15, -0.1) is 11.3 Å².